The molecule has 2 fully saturated rings. The molecule has 0 unspecified atom stereocenters. The third-order valence-corrected chi connectivity index (χ3v) is 6.66. The predicted octanol–water partition coefficient (Wildman–Crippen LogP) is 2.65. The fourth-order valence-electron chi connectivity index (χ4n) is 4.61. The van der Waals surface area contributed by atoms with Crippen LogP contribution >= 0.6 is 11.6 Å². The number of nitrogens with one attached hydrogen (secondary N) is 1. The summed E-state index contributed by atoms with van der Waals surface area (Å²) in [6, 6.07) is 0.596. The number of halogens is 1. The van der Waals surface area contributed by atoms with Crippen molar-refractivity contribution in [2.75, 3.05) is 41.3 Å². The quantitative estimate of drug-likeness (QED) is 0.670. The van der Waals surface area contributed by atoms with Crippen molar-refractivity contribution >= 4 is 35.1 Å². The lowest BCUT2D eigenvalue weighted by atomic mass is 9.71. The molecule has 11 heteroatoms. The van der Waals surface area contributed by atoms with Gasteiger partial charge in [-0.15, -0.1) is 5.10 Å². The first-order valence-electron chi connectivity index (χ1n) is 9.83. The van der Waals surface area contributed by atoms with Gasteiger partial charge in [-0.2, -0.15) is 10.1 Å². The van der Waals surface area contributed by atoms with Crippen molar-refractivity contribution in [3.05, 3.63) is 29.5 Å². The van der Waals surface area contributed by atoms with Gasteiger partial charge < -0.3 is 19.5 Å². The molecule has 0 saturated carbocycles. The number of aryl methyl sites for hydroxylation is 2. The van der Waals surface area contributed by atoms with Crippen molar-refractivity contribution in [1.82, 2.24) is 29.9 Å². The average Bonchev–Trinajstić information content (AvgIpc) is 3.39. The molecule has 1 N–H and O–H groups in total. The van der Waals surface area contributed by atoms with Crippen LogP contribution in [0.5, 0.6) is 0 Å². The average molecular weight is 430 g/mol. The van der Waals surface area contributed by atoms with Crippen molar-refractivity contribution in [2.45, 2.75) is 20.8 Å². The van der Waals surface area contributed by atoms with Crippen LogP contribution in [0.15, 0.2) is 23.0 Å². The predicted molar refractivity (Wildman–Crippen MR) is 113 cm³/mol. The molecule has 2 saturated heterocycles. The first-order valence-corrected chi connectivity index (χ1v) is 10.2. The van der Waals surface area contributed by atoms with Gasteiger partial charge in [-0.3, -0.25) is 4.68 Å². The van der Waals surface area contributed by atoms with Crippen LogP contribution < -0.4 is 15.1 Å². The molecule has 5 heterocycles. The Bertz CT molecular complexity index is 1080. The van der Waals surface area contributed by atoms with Gasteiger partial charge >= 0.3 is 6.01 Å². The second kappa shape index (κ2) is 6.56. The van der Waals surface area contributed by atoms with Gasteiger partial charge in [0.15, 0.2) is 5.82 Å². The van der Waals surface area contributed by atoms with Crippen molar-refractivity contribution < 1.29 is 4.42 Å². The molecule has 0 radical (unpaired) electrons. The second-order valence-electron chi connectivity index (χ2n) is 8.83. The number of hydrogen-bond acceptors (Lipinski definition) is 9. The monoisotopic (exact) mass is 429 g/mol. The van der Waals surface area contributed by atoms with E-state index in [0.717, 1.165) is 37.7 Å². The molecule has 0 bridgehead atoms. The molecule has 5 rings (SSSR count). The lowest BCUT2D eigenvalue weighted by Crippen LogP contribution is -2.34. The Balaban J connectivity index is 1.38. The highest BCUT2D eigenvalue weighted by Crippen LogP contribution is 2.53. The molecule has 0 amide bonds. The lowest BCUT2D eigenvalue weighted by molar-refractivity contribution is 0.212. The topological polar surface area (TPSA) is 101 Å². The van der Waals surface area contributed by atoms with Crippen LogP contribution in [-0.4, -0.2) is 56.1 Å². The number of fused-ring (bicyclic) bond motifs is 1. The van der Waals surface area contributed by atoms with Crippen molar-refractivity contribution in [1.29, 1.82) is 0 Å². The Labute approximate surface area is 179 Å². The third kappa shape index (κ3) is 3.06. The van der Waals surface area contributed by atoms with Gasteiger partial charge in [-0.1, -0.05) is 30.5 Å². The van der Waals surface area contributed by atoms with Crippen LogP contribution in [0.25, 0.3) is 0 Å². The molecule has 0 spiro atoms. The Kier molecular flexibility index (Phi) is 4.18. The molecule has 2 aliphatic heterocycles. The summed E-state index contributed by atoms with van der Waals surface area (Å²) in [5, 5.41) is 16.1. The summed E-state index contributed by atoms with van der Waals surface area (Å²) in [5.74, 6) is 1.83. The maximum atomic E-state index is 6.50. The highest BCUT2D eigenvalue weighted by atomic mass is 35.5. The van der Waals surface area contributed by atoms with E-state index < -0.39 is 0 Å². The summed E-state index contributed by atoms with van der Waals surface area (Å²) in [7, 11) is 1.86. The van der Waals surface area contributed by atoms with E-state index >= 15 is 0 Å². The standard InChI is InChI=1S/C19H24ClN9O/c1-12-25-26-17(30-12)29-10-18(2)8-28(9-19(18,3)11-29)15-14(20)6-21-16(24-15)23-13-5-22-27(4)7-13/h5-7H,8-11H2,1-4H3,(H,21,23,24)/t18-,19+. The van der Waals surface area contributed by atoms with E-state index in [9.17, 15) is 0 Å². The van der Waals surface area contributed by atoms with Gasteiger partial charge in [0.1, 0.15) is 5.02 Å². The first-order chi connectivity index (χ1) is 14.2. The fraction of sp³-hybridized carbons (Fsp3) is 0.526. The van der Waals surface area contributed by atoms with E-state index in [4.69, 9.17) is 21.0 Å². The molecule has 0 aliphatic carbocycles. The molecule has 10 nitrogen and oxygen atoms in total. The van der Waals surface area contributed by atoms with E-state index in [2.05, 4.69) is 49.2 Å². The Morgan fingerprint density at radius 3 is 2.37 bits per heavy atom. The van der Waals surface area contributed by atoms with Crippen LogP contribution in [-0.2, 0) is 7.05 Å². The number of nitrogens with zero attached hydrogens (tertiary/aromatic N) is 8. The molecule has 30 heavy (non-hydrogen) atoms. The molecule has 3 aromatic heterocycles. The van der Waals surface area contributed by atoms with E-state index in [1.54, 1.807) is 17.1 Å². The number of aromatic nitrogens is 6. The van der Waals surface area contributed by atoms with E-state index in [-0.39, 0.29) is 10.8 Å². The maximum Gasteiger partial charge on any atom is 0.318 e. The van der Waals surface area contributed by atoms with Gasteiger partial charge in [0, 0.05) is 57.2 Å². The summed E-state index contributed by atoms with van der Waals surface area (Å²) in [4.78, 5) is 13.5. The maximum absolute atomic E-state index is 6.50. The summed E-state index contributed by atoms with van der Waals surface area (Å²) < 4.78 is 7.38. The molecule has 0 aromatic carbocycles. The van der Waals surface area contributed by atoms with Crippen LogP contribution in [0.1, 0.15) is 19.7 Å². The SMILES string of the molecule is Cc1nnc(N2C[C@@]3(C)CN(c4nc(Nc5cnn(C)c5)ncc4Cl)C[C@@]3(C)C2)o1. The van der Waals surface area contributed by atoms with Crippen LogP contribution in [0.3, 0.4) is 0 Å². The molecular formula is C19H24ClN9O. The summed E-state index contributed by atoms with van der Waals surface area (Å²) in [6.45, 7) is 9.76. The van der Waals surface area contributed by atoms with Crippen molar-refractivity contribution in [3.63, 3.8) is 0 Å². The van der Waals surface area contributed by atoms with Crippen LogP contribution in [0, 0.1) is 17.8 Å². The van der Waals surface area contributed by atoms with Gasteiger partial charge in [0.05, 0.1) is 18.1 Å². The Hall–Kier alpha value is -2.88. The molecular weight excluding hydrogens is 406 g/mol. The van der Waals surface area contributed by atoms with Gasteiger partial charge in [0.2, 0.25) is 11.8 Å². The Morgan fingerprint density at radius 1 is 1.07 bits per heavy atom. The summed E-state index contributed by atoms with van der Waals surface area (Å²) >= 11 is 6.50. The van der Waals surface area contributed by atoms with Crippen LogP contribution in [0.4, 0.5) is 23.5 Å². The molecule has 158 valence electrons. The number of hydrogen-bond donors (Lipinski definition) is 1. The zero-order valence-corrected chi connectivity index (χ0v) is 18.2. The van der Waals surface area contributed by atoms with Crippen LogP contribution in [0.2, 0.25) is 5.02 Å². The number of rotatable bonds is 4. The molecule has 2 aliphatic rings. The minimum atomic E-state index is 0.0284. The van der Waals surface area contributed by atoms with Crippen molar-refractivity contribution in [2.24, 2.45) is 17.9 Å². The van der Waals surface area contributed by atoms with E-state index in [0.29, 0.717) is 22.9 Å². The summed E-state index contributed by atoms with van der Waals surface area (Å²) in [6.07, 6.45) is 5.25. The molecule has 3 aromatic rings. The Morgan fingerprint density at radius 2 is 1.77 bits per heavy atom. The highest BCUT2D eigenvalue weighted by molar-refractivity contribution is 6.32. The minimum absolute atomic E-state index is 0.0284. The van der Waals surface area contributed by atoms with Crippen molar-refractivity contribution in [3.8, 4) is 0 Å². The number of anilines is 4. The summed E-state index contributed by atoms with van der Waals surface area (Å²) in [5.41, 5.74) is 0.884. The third-order valence-electron chi connectivity index (χ3n) is 6.39. The largest absolute Gasteiger partial charge is 0.408 e. The zero-order valence-electron chi connectivity index (χ0n) is 17.4. The normalized spacial score (nSPS) is 25.8. The zero-order chi connectivity index (χ0) is 21.1. The first kappa shape index (κ1) is 19.1. The van der Waals surface area contributed by atoms with Gasteiger partial charge in [-0.25, -0.2) is 4.98 Å². The second-order valence-corrected chi connectivity index (χ2v) is 9.24. The van der Waals surface area contributed by atoms with E-state index in [1.165, 1.54) is 0 Å². The fourth-order valence-corrected chi connectivity index (χ4v) is 4.82. The smallest absolute Gasteiger partial charge is 0.318 e. The molecule has 2 atom stereocenters. The highest BCUT2D eigenvalue weighted by Gasteiger charge is 2.58. The van der Waals surface area contributed by atoms with E-state index in [1.807, 2.05) is 20.2 Å². The van der Waals surface area contributed by atoms with Gasteiger partial charge in [-0.05, 0) is 0 Å². The minimum Gasteiger partial charge on any atom is -0.408 e. The lowest BCUT2D eigenvalue weighted by Gasteiger charge is -2.29. The van der Waals surface area contributed by atoms with Gasteiger partial charge in [0.25, 0.3) is 0 Å².